The van der Waals surface area contributed by atoms with E-state index in [0.29, 0.717) is 5.95 Å². The molecule has 1 fully saturated rings. The zero-order valence-electron chi connectivity index (χ0n) is 11.5. The van der Waals surface area contributed by atoms with Crippen molar-refractivity contribution in [1.82, 2.24) is 19.9 Å². The van der Waals surface area contributed by atoms with E-state index >= 15 is 0 Å². The van der Waals surface area contributed by atoms with Gasteiger partial charge in [-0.25, -0.2) is 4.98 Å². The number of fused-ring (bicyclic) bond motifs is 1. The van der Waals surface area contributed by atoms with Crippen LogP contribution >= 0.6 is 0 Å². The van der Waals surface area contributed by atoms with Crippen molar-refractivity contribution in [3.05, 3.63) is 6.33 Å². The molecule has 0 radical (unpaired) electrons. The third-order valence-electron chi connectivity index (χ3n) is 3.68. The number of nitrogens with zero attached hydrogens (tertiary/aromatic N) is 4. The quantitative estimate of drug-likeness (QED) is 0.883. The van der Waals surface area contributed by atoms with E-state index in [1.54, 1.807) is 6.33 Å². The van der Waals surface area contributed by atoms with E-state index in [0.717, 1.165) is 42.5 Å². The minimum absolute atomic E-state index is 0.663. The van der Waals surface area contributed by atoms with E-state index in [9.17, 15) is 0 Å². The molecule has 1 aliphatic rings. The standard InChI is InChI=1S/C13H20N6/c1-3-14-13-17-11-10(15-8-16-11)12(18-13)19-6-4-9(2)5-7-19/h8-9H,3-7H2,1-2H3,(H2,14,15,16,17,18). The van der Waals surface area contributed by atoms with E-state index in [-0.39, 0.29) is 0 Å². The van der Waals surface area contributed by atoms with Gasteiger partial charge in [0.15, 0.2) is 11.5 Å². The first kappa shape index (κ1) is 12.2. The summed E-state index contributed by atoms with van der Waals surface area (Å²) in [5.74, 6) is 2.45. The average molecular weight is 260 g/mol. The fourth-order valence-electron chi connectivity index (χ4n) is 2.50. The summed E-state index contributed by atoms with van der Waals surface area (Å²) < 4.78 is 0. The summed E-state index contributed by atoms with van der Waals surface area (Å²) in [7, 11) is 0. The van der Waals surface area contributed by atoms with E-state index in [1.807, 2.05) is 6.92 Å². The largest absolute Gasteiger partial charge is 0.355 e. The van der Waals surface area contributed by atoms with Crippen molar-refractivity contribution in [2.75, 3.05) is 29.9 Å². The smallest absolute Gasteiger partial charge is 0.226 e. The molecular weight excluding hydrogens is 240 g/mol. The highest BCUT2D eigenvalue weighted by Gasteiger charge is 2.21. The topological polar surface area (TPSA) is 69.7 Å². The first-order chi connectivity index (χ1) is 9.28. The van der Waals surface area contributed by atoms with Crippen molar-refractivity contribution < 1.29 is 0 Å². The van der Waals surface area contributed by atoms with Gasteiger partial charge in [-0.15, -0.1) is 0 Å². The molecule has 0 bridgehead atoms. The van der Waals surface area contributed by atoms with Gasteiger partial charge in [-0.2, -0.15) is 9.97 Å². The van der Waals surface area contributed by atoms with Crippen LogP contribution in [0.25, 0.3) is 11.2 Å². The Morgan fingerprint density at radius 2 is 2.16 bits per heavy atom. The summed E-state index contributed by atoms with van der Waals surface area (Å²) in [5, 5.41) is 3.17. The number of hydrogen-bond acceptors (Lipinski definition) is 5. The second-order valence-corrected chi connectivity index (χ2v) is 5.17. The molecule has 0 saturated carbocycles. The molecule has 0 unspecified atom stereocenters. The molecule has 0 aliphatic carbocycles. The Bertz CT molecular complexity index is 555. The molecule has 3 heterocycles. The van der Waals surface area contributed by atoms with Crippen LogP contribution in [0.5, 0.6) is 0 Å². The zero-order valence-corrected chi connectivity index (χ0v) is 11.5. The number of anilines is 2. The molecule has 6 heteroatoms. The minimum atomic E-state index is 0.663. The molecule has 0 spiro atoms. The number of rotatable bonds is 3. The Morgan fingerprint density at radius 1 is 1.37 bits per heavy atom. The SMILES string of the molecule is CCNc1nc(N2CCC(C)CC2)c2[nH]cnc2n1. The van der Waals surface area contributed by atoms with Crippen molar-refractivity contribution >= 4 is 22.9 Å². The second-order valence-electron chi connectivity index (χ2n) is 5.17. The molecule has 2 aromatic rings. The molecule has 0 atom stereocenters. The van der Waals surface area contributed by atoms with Crippen LogP contribution in [0.4, 0.5) is 11.8 Å². The van der Waals surface area contributed by atoms with Crippen LogP contribution in [0.3, 0.4) is 0 Å². The van der Waals surface area contributed by atoms with Gasteiger partial charge in [0.2, 0.25) is 5.95 Å². The van der Waals surface area contributed by atoms with Gasteiger partial charge in [-0.1, -0.05) is 6.92 Å². The maximum absolute atomic E-state index is 4.64. The van der Waals surface area contributed by atoms with E-state index in [2.05, 4.69) is 37.1 Å². The molecule has 2 aromatic heterocycles. The molecular formula is C13H20N6. The maximum Gasteiger partial charge on any atom is 0.226 e. The van der Waals surface area contributed by atoms with Crippen LogP contribution < -0.4 is 10.2 Å². The highest BCUT2D eigenvalue weighted by atomic mass is 15.2. The lowest BCUT2D eigenvalue weighted by atomic mass is 9.99. The highest BCUT2D eigenvalue weighted by molar-refractivity contribution is 5.84. The molecule has 0 aromatic carbocycles. The van der Waals surface area contributed by atoms with Crippen LogP contribution in [0.15, 0.2) is 6.33 Å². The summed E-state index contributed by atoms with van der Waals surface area (Å²) in [6.45, 7) is 7.27. The van der Waals surface area contributed by atoms with Crippen LogP contribution in [0.1, 0.15) is 26.7 Å². The Labute approximate surface area is 112 Å². The van der Waals surface area contributed by atoms with Crippen molar-refractivity contribution in [3.63, 3.8) is 0 Å². The number of imidazole rings is 1. The summed E-state index contributed by atoms with van der Waals surface area (Å²) in [4.78, 5) is 18.8. The van der Waals surface area contributed by atoms with Crippen LogP contribution in [0, 0.1) is 5.92 Å². The monoisotopic (exact) mass is 260 g/mol. The van der Waals surface area contributed by atoms with E-state index in [4.69, 9.17) is 0 Å². The normalized spacial score (nSPS) is 17.1. The van der Waals surface area contributed by atoms with E-state index in [1.165, 1.54) is 12.8 Å². The summed E-state index contributed by atoms with van der Waals surface area (Å²) in [6.07, 6.45) is 4.12. The Balaban J connectivity index is 1.98. The Hall–Kier alpha value is -1.85. The number of piperidine rings is 1. The first-order valence-corrected chi connectivity index (χ1v) is 6.98. The van der Waals surface area contributed by atoms with Crippen molar-refractivity contribution in [1.29, 1.82) is 0 Å². The molecule has 1 saturated heterocycles. The van der Waals surface area contributed by atoms with Gasteiger partial charge >= 0.3 is 0 Å². The van der Waals surface area contributed by atoms with E-state index < -0.39 is 0 Å². The molecule has 102 valence electrons. The minimum Gasteiger partial charge on any atom is -0.355 e. The third-order valence-corrected chi connectivity index (χ3v) is 3.68. The average Bonchev–Trinajstić information content (AvgIpc) is 2.87. The molecule has 6 nitrogen and oxygen atoms in total. The Morgan fingerprint density at radius 3 is 2.89 bits per heavy atom. The lowest BCUT2D eigenvalue weighted by molar-refractivity contribution is 0.437. The van der Waals surface area contributed by atoms with Gasteiger partial charge in [0.05, 0.1) is 6.33 Å². The second kappa shape index (κ2) is 5.03. The first-order valence-electron chi connectivity index (χ1n) is 6.98. The van der Waals surface area contributed by atoms with Gasteiger partial charge in [-0.05, 0) is 25.7 Å². The molecule has 0 amide bonds. The predicted molar refractivity (Wildman–Crippen MR) is 76.5 cm³/mol. The number of aromatic nitrogens is 4. The predicted octanol–water partition coefficient (Wildman–Crippen LogP) is 2.02. The number of H-pyrrole nitrogens is 1. The van der Waals surface area contributed by atoms with Gasteiger partial charge in [0.1, 0.15) is 5.52 Å². The third kappa shape index (κ3) is 2.34. The van der Waals surface area contributed by atoms with Gasteiger partial charge < -0.3 is 15.2 Å². The molecule has 3 rings (SSSR count). The summed E-state index contributed by atoms with van der Waals surface area (Å²) in [5.41, 5.74) is 1.68. The molecule has 19 heavy (non-hydrogen) atoms. The van der Waals surface area contributed by atoms with Gasteiger partial charge in [-0.3, -0.25) is 0 Å². The summed E-state index contributed by atoms with van der Waals surface area (Å²) in [6, 6.07) is 0. The molecule has 1 aliphatic heterocycles. The van der Waals surface area contributed by atoms with Gasteiger partial charge in [0.25, 0.3) is 0 Å². The number of aromatic amines is 1. The van der Waals surface area contributed by atoms with Crippen LogP contribution in [-0.4, -0.2) is 39.6 Å². The van der Waals surface area contributed by atoms with Gasteiger partial charge in [0, 0.05) is 19.6 Å². The maximum atomic E-state index is 4.64. The van der Waals surface area contributed by atoms with Crippen molar-refractivity contribution in [3.8, 4) is 0 Å². The van der Waals surface area contributed by atoms with Crippen molar-refractivity contribution in [2.24, 2.45) is 5.92 Å². The fraction of sp³-hybridized carbons (Fsp3) is 0.615. The fourth-order valence-corrected chi connectivity index (χ4v) is 2.50. The lowest BCUT2D eigenvalue weighted by Gasteiger charge is -2.31. The number of hydrogen-bond donors (Lipinski definition) is 2. The lowest BCUT2D eigenvalue weighted by Crippen LogP contribution is -2.33. The van der Waals surface area contributed by atoms with Crippen LogP contribution in [-0.2, 0) is 0 Å². The Kier molecular flexibility index (Phi) is 3.23. The highest BCUT2D eigenvalue weighted by Crippen LogP contribution is 2.27. The zero-order chi connectivity index (χ0) is 13.2. The molecule has 2 N–H and O–H groups in total. The number of nitrogens with one attached hydrogen (secondary N) is 2. The summed E-state index contributed by atoms with van der Waals surface area (Å²) >= 11 is 0. The van der Waals surface area contributed by atoms with Crippen molar-refractivity contribution in [2.45, 2.75) is 26.7 Å². The van der Waals surface area contributed by atoms with Crippen LogP contribution in [0.2, 0.25) is 0 Å².